The van der Waals surface area contributed by atoms with Crippen LogP contribution >= 0.6 is 11.8 Å². The standard InChI is InChI=1S/C48H61N3O10S/c1-4-24-50(47(54)57-6-3)44-32-42(49-60-33-34-18-20-36(21-19-34)51(55)56)40-30-35(14-10-12-25-52)39(17-11-13-26-53)45-41-31-37(58-28-29-62-38-15-8-7-9-16-38)22-23-43(41)61-48(44,46(40)45)59-27-5-2/h5,7-9,15-16,18-23,30-31,35,39,44-46,52-53H,2,4,6,10-14,17,24-29,32-33H2,1,3H3. The van der Waals surface area contributed by atoms with Crippen molar-refractivity contribution in [1.82, 2.24) is 4.90 Å². The van der Waals surface area contributed by atoms with Crippen LogP contribution in [0.1, 0.15) is 82.3 Å². The summed E-state index contributed by atoms with van der Waals surface area (Å²) in [6, 6.07) is 21.7. The quantitative estimate of drug-likeness (QED) is 0.0290. The van der Waals surface area contributed by atoms with Gasteiger partial charge in [-0.15, -0.1) is 18.3 Å². The zero-order valence-electron chi connectivity index (χ0n) is 35.9. The highest BCUT2D eigenvalue weighted by Gasteiger charge is 2.65. The number of carbonyl (C=O) groups is 1. The van der Waals surface area contributed by atoms with Crippen LogP contribution in [0.25, 0.3) is 0 Å². The molecule has 1 amide bonds. The van der Waals surface area contributed by atoms with E-state index in [1.54, 1.807) is 41.8 Å². The fourth-order valence-corrected chi connectivity index (χ4v) is 10.0. The molecule has 0 saturated heterocycles. The second kappa shape index (κ2) is 23.0. The number of non-ortho nitro benzene ring substituents is 1. The van der Waals surface area contributed by atoms with Crippen molar-refractivity contribution in [3.63, 3.8) is 0 Å². The molecule has 3 aromatic rings. The van der Waals surface area contributed by atoms with Gasteiger partial charge in [-0.2, -0.15) is 0 Å². The van der Waals surface area contributed by atoms with E-state index in [0.29, 0.717) is 49.4 Å². The molecule has 62 heavy (non-hydrogen) atoms. The molecule has 0 spiro atoms. The van der Waals surface area contributed by atoms with Crippen LogP contribution in [0.15, 0.2) is 107 Å². The Labute approximate surface area is 369 Å². The first-order valence-electron chi connectivity index (χ1n) is 22.0. The van der Waals surface area contributed by atoms with Crippen LogP contribution in [0.5, 0.6) is 11.5 Å². The van der Waals surface area contributed by atoms with Gasteiger partial charge >= 0.3 is 6.09 Å². The molecule has 0 radical (unpaired) electrons. The first kappa shape index (κ1) is 46.6. The monoisotopic (exact) mass is 871 g/mol. The SMILES string of the molecule is C=CCOC12Oc3ccc(OCCSc4ccccc4)cc3C3C(CCCCO)C(CCCCO)C=C(C(=NOCc4ccc([N+](=O)[O-])cc4)CC1N(CCC)C(=O)OCC)C32. The van der Waals surface area contributed by atoms with E-state index in [2.05, 4.69) is 30.9 Å². The number of fused-ring (bicyclic) bond motifs is 2. The summed E-state index contributed by atoms with van der Waals surface area (Å²) in [6.07, 6.45) is 8.89. The maximum atomic E-state index is 14.1. The van der Waals surface area contributed by atoms with Crippen molar-refractivity contribution in [1.29, 1.82) is 0 Å². The maximum absolute atomic E-state index is 14.1. The lowest BCUT2D eigenvalue weighted by Gasteiger charge is -2.59. The molecule has 6 atom stereocenters. The Morgan fingerprint density at radius 3 is 2.50 bits per heavy atom. The molecule has 3 aliphatic rings. The van der Waals surface area contributed by atoms with Crippen molar-refractivity contribution in [2.45, 2.75) is 94.5 Å². The maximum Gasteiger partial charge on any atom is 0.410 e. The first-order valence-corrected chi connectivity index (χ1v) is 22.9. The van der Waals surface area contributed by atoms with Crippen LogP contribution in [-0.4, -0.2) is 89.0 Å². The van der Waals surface area contributed by atoms with Crippen molar-refractivity contribution in [2.24, 2.45) is 22.9 Å². The molecule has 6 unspecified atom stereocenters. The Morgan fingerprint density at radius 2 is 1.81 bits per heavy atom. The minimum Gasteiger partial charge on any atom is -0.493 e. The number of benzene rings is 3. The number of aliphatic hydroxyl groups excluding tert-OH is 2. The summed E-state index contributed by atoms with van der Waals surface area (Å²) < 4.78 is 26.4. The van der Waals surface area contributed by atoms with Gasteiger partial charge in [0.05, 0.1) is 36.4 Å². The molecule has 2 aliphatic carbocycles. The Bertz CT molecular complexity index is 2000. The summed E-state index contributed by atoms with van der Waals surface area (Å²) in [5.74, 6) is 0.123. The van der Waals surface area contributed by atoms with E-state index in [1.807, 2.05) is 37.3 Å². The summed E-state index contributed by atoms with van der Waals surface area (Å²) in [4.78, 5) is 34.0. The van der Waals surface area contributed by atoms with Gasteiger partial charge in [0.1, 0.15) is 24.1 Å². The third-order valence-corrected chi connectivity index (χ3v) is 12.9. The highest BCUT2D eigenvalue weighted by Crippen LogP contribution is 2.62. The number of nitro groups is 1. The fraction of sp³-hybridized carbons (Fsp3) is 0.500. The van der Waals surface area contributed by atoms with Gasteiger partial charge in [-0.1, -0.05) is 55.3 Å². The van der Waals surface area contributed by atoms with Crippen LogP contribution in [-0.2, 0) is 20.9 Å². The number of hydrogen-bond acceptors (Lipinski definition) is 12. The number of hydrogen-bond donors (Lipinski definition) is 2. The topological polar surface area (TPSA) is 162 Å². The van der Waals surface area contributed by atoms with Gasteiger partial charge in [0.15, 0.2) is 0 Å². The van der Waals surface area contributed by atoms with Gasteiger partial charge in [-0.3, -0.25) is 15.0 Å². The second-order valence-corrected chi connectivity index (χ2v) is 17.0. The Balaban J connectivity index is 1.49. The molecule has 3 aromatic carbocycles. The van der Waals surface area contributed by atoms with Crippen LogP contribution < -0.4 is 9.47 Å². The smallest absolute Gasteiger partial charge is 0.410 e. The van der Waals surface area contributed by atoms with E-state index >= 15 is 0 Å². The summed E-state index contributed by atoms with van der Waals surface area (Å²) in [5, 5.41) is 36.0. The molecule has 1 heterocycles. The van der Waals surface area contributed by atoms with E-state index in [4.69, 9.17) is 28.9 Å². The average molecular weight is 872 g/mol. The number of carbonyl (C=O) groups excluding carboxylic acids is 1. The molecule has 0 bridgehead atoms. The number of rotatable bonds is 24. The molecule has 1 saturated carbocycles. The lowest BCUT2D eigenvalue weighted by atomic mass is 9.55. The summed E-state index contributed by atoms with van der Waals surface area (Å²) in [6.45, 7) is 9.22. The predicted molar refractivity (Wildman–Crippen MR) is 240 cm³/mol. The lowest BCUT2D eigenvalue weighted by molar-refractivity contribution is -0.384. The van der Waals surface area contributed by atoms with Crippen LogP contribution in [0, 0.1) is 27.9 Å². The molecule has 334 valence electrons. The van der Waals surface area contributed by atoms with Gasteiger partial charge < -0.3 is 34.0 Å². The minimum absolute atomic E-state index is 0.0163. The van der Waals surface area contributed by atoms with Crippen LogP contribution in [0.2, 0.25) is 0 Å². The number of amides is 1. The van der Waals surface area contributed by atoms with Crippen LogP contribution in [0.3, 0.4) is 0 Å². The number of oxime groups is 1. The zero-order valence-corrected chi connectivity index (χ0v) is 36.7. The van der Waals surface area contributed by atoms with Gasteiger partial charge in [-0.05, 0) is 104 Å². The molecule has 0 aromatic heterocycles. The Kier molecular flexibility index (Phi) is 17.3. The molecule has 14 heteroatoms. The number of thioether (sulfide) groups is 1. The summed E-state index contributed by atoms with van der Waals surface area (Å²) in [7, 11) is 0. The van der Waals surface area contributed by atoms with Crippen molar-refractivity contribution < 1.29 is 43.7 Å². The minimum atomic E-state index is -1.41. The zero-order chi connectivity index (χ0) is 43.9. The highest BCUT2D eigenvalue weighted by atomic mass is 32.2. The molecule has 6 rings (SSSR count). The van der Waals surface area contributed by atoms with Gasteiger partial charge in [0, 0.05) is 60.4 Å². The van der Waals surface area contributed by atoms with Crippen molar-refractivity contribution in [3.05, 3.63) is 118 Å². The van der Waals surface area contributed by atoms with E-state index < -0.39 is 28.8 Å². The molecular formula is C48H61N3O10S. The van der Waals surface area contributed by atoms with E-state index in [-0.39, 0.29) is 62.9 Å². The second-order valence-electron chi connectivity index (χ2n) is 15.9. The van der Waals surface area contributed by atoms with E-state index in [9.17, 15) is 25.1 Å². The predicted octanol–water partition coefficient (Wildman–Crippen LogP) is 9.47. The fourth-order valence-electron chi connectivity index (χ4n) is 9.29. The van der Waals surface area contributed by atoms with Gasteiger partial charge in [-0.25, -0.2) is 4.79 Å². The number of allylic oxidation sites excluding steroid dienone is 1. The molecular weight excluding hydrogens is 811 g/mol. The Morgan fingerprint density at radius 1 is 1.05 bits per heavy atom. The van der Waals surface area contributed by atoms with E-state index in [1.165, 1.54) is 17.0 Å². The summed E-state index contributed by atoms with van der Waals surface area (Å²) in [5.41, 5.74) is 3.22. The molecule has 13 nitrogen and oxygen atoms in total. The average Bonchev–Trinajstić information content (AvgIpc) is 3.28. The number of ether oxygens (including phenoxy) is 4. The largest absolute Gasteiger partial charge is 0.493 e. The highest BCUT2D eigenvalue weighted by molar-refractivity contribution is 7.99. The number of nitro benzene ring substituents is 1. The molecule has 2 N–H and O–H groups in total. The number of nitrogens with zero attached hydrogens (tertiary/aromatic N) is 3. The lowest BCUT2D eigenvalue weighted by Crippen LogP contribution is -2.70. The van der Waals surface area contributed by atoms with Gasteiger partial charge in [0.25, 0.3) is 5.69 Å². The third kappa shape index (κ3) is 11.0. The van der Waals surface area contributed by atoms with Crippen LogP contribution in [0.4, 0.5) is 10.5 Å². The van der Waals surface area contributed by atoms with Crippen molar-refractivity contribution in [2.75, 3.05) is 45.3 Å². The normalized spacial score (nSPS) is 23.0. The van der Waals surface area contributed by atoms with Gasteiger partial charge in [0.2, 0.25) is 5.79 Å². The van der Waals surface area contributed by atoms with Crippen molar-refractivity contribution in [3.8, 4) is 11.5 Å². The third-order valence-electron chi connectivity index (χ3n) is 11.9. The number of aliphatic hydroxyl groups is 2. The Hall–Kier alpha value is -4.89. The molecule has 1 fully saturated rings. The van der Waals surface area contributed by atoms with E-state index in [0.717, 1.165) is 48.3 Å². The number of unbranched alkanes of at least 4 members (excludes halogenated alkanes) is 2. The molecule has 1 aliphatic heterocycles. The summed E-state index contributed by atoms with van der Waals surface area (Å²) >= 11 is 1.73. The van der Waals surface area contributed by atoms with Crippen molar-refractivity contribution >= 4 is 29.3 Å². The first-order chi connectivity index (χ1) is 30.3.